The lowest BCUT2D eigenvalue weighted by atomic mass is 11.0. The lowest BCUT2D eigenvalue weighted by Gasteiger charge is -2.02. The molecule has 0 unspecified atom stereocenters. The van der Waals surface area contributed by atoms with Crippen molar-refractivity contribution in [3.63, 3.8) is 0 Å². The Morgan fingerprint density at radius 1 is 1.00 bits per heavy atom. The van der Waals surface area contributed by atoms with Gasteiger partial charge in [0, 0.05) is 26.2 Å². The van der Waals surface area contributed by atoms with Crippen molar-refractivity contribution in [1.29, 1.82) is 0 Å². The third-order valence-electron chi connectivity index (χ3n) is 1.22. The van der Waals surface area contributed by atoms with Gasteiger partial charge in [0.05, 0.1) is 0 Å². The zero-order valence-electron chi connectivity index (χ0n) is 5.45. The minimum atomic E-state index is -2.26. The Hall–Kier alpha value is 0.0700. The first-order chi connectivity index (χ1) is 4.84. The van der Waals surface area contributed by atoms with Gasteiger partial charge in [0.2, 0.25) is 0 Å². The van der Waals surface area contributed by atoms with E-state index in [2.05, 4.69) is 0 Å². The van der Waals surface area contributed by atoms with E-state index in [-0.39, 0.29) is 0 Å². The molecule has 2 saturated heterocycles. The van der Waals surface area contributed by atoms with Crippen LogP contribution in [-0.4, -0.2) is 36.3 Å². The van der Waals surface area contributed by atoms with Gasteiger partial charge in [0.25, 0.3) is 0 Å². The quantitative estimate of drug-likeness (QED) is 0.427. The predicted molar refractivity (Wildman–Crippen MR) is 34.3 cm³/mol. The van der Waals surface area contributed by atoms with Crippen molar-refractivity contribution in [3.8, 4) is 0 Å². The Morgan fingerprint density at radius 3 is 1.70 bits per heavy atom. The van der Waals surface area contributed by atoms with E-state index in [1.165, 1.54) is 0 Å². The van der Waals surface area contributed by atoms with Gasteiger partial charge in [-0.3, -0.25) is 4.57 Å². The SMILES string of the molecule is O=[PH](ON1CC1)ON1CC1. The van der Waals surface area contributed by atoms with E-state index in [4.69, 9.17) is 9.25 Å². The molecule has 2 heterocycles. The first-order valence-corrected chi connectivity index (χ1v) is 4.47. The maximum absolute atomic E-state index is 10.8. The number of hydrogen-bond acceptors (Lipinski definition) is 5. The molecule has 0 spiro atoms. The van der Waals surface area contributed by atoms with Crippen molar-refractivity contribution < 1.29 is 13.8 Å². The van der Waals surface area contributed by atoms with Gasteiger partial charge in [-0.15, -0.1) is 0 Å². The van der Waals surface area contributed by atoms with Crippen LogP contribution in [0, 0.1) is 0 Å². The van der Waals surface area contributed by atoms with Gasteiger partial charge in [-0.05, 0) is 0 Å². The molecule has 10 heavy (non-hydrogen) atoms. The van der Waals surface area contributed by atoms with Crippen molar-refractivity contribution in [2.75, 3.05) is 26.2 Å². The smallest absolute Gasteiger partial charge is 0.260 e. The maximum Gasteiger partial charge on any atom is 0.352 e. The molecule has 0 bridgehead atoms. The normalized spacial score (nSPS) is 25.7. The summed E-state index contributed by atoms with van der Waals surface area (Å²) < 4.78 is 20.5. The number of hydrogen-bond donors (Lipinski definition) is 0. The first kappa shape index (κ1) is 6.76. The lowest BCUT2D eigenvalue weighted by Crippen LogP contribution is -1.95. The molecule has 58 valence electrons. The van der Waals surface area contributed by atoms with Crippen LogP contribution in [0.4, 0.5) is 0 Å². The largest absolute Gasteiger partial charge is 0.352 e. The van der Waals surface area contributed by atoms with Gasteiger partial charge in [0.1, 0.15) is 0 Å². The highest BCUT2D eigenvalue weighted by Gasteiger charge is 2.26. The summed E-state index contributed by atoms with van der Waals surface area (Å²) in [6, 6.07) is 0. The van der Waals surface area contributed by atoms with Gasteiger partial charge in [-0.2, -0.15) is 10.1 Å². The predicted octanol–water partition coefficient (Wildman–Crippen LogP) is -0.129. The highest BCUT2D eigenvalue weighted by molar-refractivity contribution is 7.33. The van der Waals surface area contributed by atoms with E-state index in [0.717, 1.165) is 26.2 Å². The van der Waals surface area contributed by atoms with Crippen molar-refractivity contribution in [2.45, 2.75) is 0 Å². The molecule has 0 aromatic rings. The van der Waals surface area contributed by atoms with Crippen LogP contribution in [-0.2, 0) is 13.8 Å². The molecule has 2 aliphatic heterocycles. The van der Waals surface area contributed by atoms with Crippen LogP contribution in [0.3, 0.4) is 0 Å². The molecule has 0 aromatic heterocycles. The second kappa shape index (κ2) is 2.60. The number of nitrogens with zero attached hydrogens (tertiary/aromatic N) is 2. The summed E-state index contributed by atoms with van der Waals surface area (Å²) in [6.45, 7) is 3.50. The second-order valence-corrected chi connectivity index (χ2v) is 3.16. The molecule has 0 amide bonds. The summed E-state index contributed by atoms with van der Waals surface area (Å²) in [5, 5.41) is 3.23. The molecule has 0 radical (unpaired) electrons. The van der Waals surface area contributed by atoms with Gasteiger partial charge >= 0.3 is 8.25 Å². The number of rotatable bonds is 4. The number of hydroxylamine groups is 4. The summed E-state index contributed by atoms with van der Waals surface area (Å²) in [4.78, 5) is 0. The van der Waals surface area contributed by atoms with Crippen LogP contribution < -0.4 is 0 Å². The Kier molecular flexibility index (Phi) is 1.76. The van der Waals surface area contributed by atoms with Gasteiger partial charge in [0.15, 0.2) is 0 Å². The summed E-state index contributed by atoms with van der Waals surface area (Å²) in [5.41, 5.74) is 0. The van der Waals surface area contributed by atoms with Crippen molar-refractivity contribution in [3.05, 3.63) is 0 Å². The average molecular weight is 164 g/mol. The zero-order valence-corrected chi connectivity index (χ0v) is 6.45. The van der Waals surface area contributed by atoms with Crippen LogP contribution in [0.2, 0.25) is 0 Å². The van der Waals surface area contributed by atoms with Crippen LogP contribution in [0.25, 0.3) is 0 Å². The minimum absolute atomic E-state index is 0.875. The van der Waals surface area contributed by atoms with E-state index in [0.29, 0.717) is 0 Å². The molecule has 2 aliphatic rings. The van der Waals surface area contributed by atoms with Crippen LogP contribution in [0.5, 0.6) is 0 Å². The highest BCUT2D eigenvalue weighted by atomic mass is 31.1. The van der Waals surface area contributed by atoms with Gasteiger partial charge in [-0.1, -0.05) is 0 Å². The molecule has 0 N–H and O–H groups in total. The Labute approximate surface area is 59.4 Å². The fraction of sp³-hybridized carbons (Fsp3) is 1.00. The minimum Gasteiger partial charge on any atom is -0.260 e. The van der Waals surface area contributed by atoms with E-state index < -0.39 is 8.25 Å². The van der Waals surface area contributed by atoms with Crippen molar-refractivity contribution in [2.24, 2.45) is 0 Å². The van der Waals surface area contributed by atoms with Gasteiger partial charge < -0.3 is 0 Å². The fourth-order valence-electron chi connectivity index (χ4n) is 0.492. The van der Waals surface area contributed by atoms with E-state index in [1.807, 2.05) is 0 Å². The van der Waals surface area contributed by atoms with E-state index in [1.54, 1.807) is 10.1 Å². The Bertz CT molecular complexity index is 141. The average Bonchev–Trinajstić information content (AvgIpc) is 2.59. The van der Waals surface area contributed by atoms with Gasteiger partial charge in [-0.25, -0.2) is 9.25 Å². The van der Waals surface area contributed by atoms with E-state index >= 15 is 0 Å². The highest BCUT2D eigenvalue weighted by Crippen LogP contribution is 2.31. The van der Waals surface area contributed by atoms with Crippen LogP contribution >= 0.6 is 8.25 Å². The molecule has 2 fully saturated rings. The standard InChI is InChI=1S/C4H9N2O3P/c7-10(8-5-1-2-5)9-6-3-4-6/h10H,1-4H2. The monoisotopic (exact) mass is 164 g/mol. The van der Waals surface area contributed by atoms with Crippen molar-refractivity contribution >= 4 is 8.25 Å². The zero-order chi connectivity index (χ0) is 6.97. The second-order valence-electron chi connectivity index (χ2n) is 2.29. The van der Waals surface area contributed by atoms with Crippen LogP contribution in [0.1, 0.15) is 0 Å². The molecular formula is C4H9N2O3P. The molecule has 0 saturated carbocycles. The van der Waals surface area contributed by atoms with Crippen molar-refractivity contribution in [1.82, 2.24) is 10.1 Å². The topological polar surface area (TPSA) is 41.6 Å². The third kappa shape index (κ3) is 2.04. The lowest BCUT2D eigenvalue weighted by molar-refractivity contribution is -0.000999. The molecule has 6 heteroatoms. The molecule has 0 aliphatic carbocycles. The fourth-order valence-corrected chi connectivity index (χ4v) is 1.31. The maximum atomic E-state index is 10.8. The third-order valence-corrected chi connectivity index (χ3v) is 2.03. The van der Waals surface area contributed by atoms with E-state index in [9.17, 15) is 4.57 Å². The molecule has 0 atom stereocenters. The molecule has 0 aromatic carbocycles. The summed E-state index contributed by atoms with van der Waals surface area (Å²) >= 11 is 0. The molecular weight excluding hydrogens is 155 g/mol. The molecule has 2 rings (SSSR count). The summed E-state index contributed by atoms with van der Waals surface area (Å²) in [7, 11) is -2.26. The Morgan fingerprint density at radius 2 is 1.40 bits per heavy atom. The summed E-state index contributed by atoms with van der Waals surface area (Å²) in [5.74, 6) is 0. The summed E-state index contributed by atoms with van der Waals surface area (Å²) in [6.07, 6.45) is 0. The molecule has 5 nitrogen and oxygen atoms in total. The first-order valence-electron chi connectivity index (χ1n) is 3.24. The Balaban J connectivity index is 1.64. The van der Waals surface area contributed by atoms with Crippen LogP contribution in [0.15, 0.2) is 0 Å².